The number of benzene rings is 1. The maximum atomic E-state index is 12.8. The van der Waals surface area contributed by atoms with Crippen molar-refractivity contribution in [1.29, 1.82) is 0 Å². The Kier molecular flexibility index (Phi) is 2.19. The Morgan fingerprint density at radius 3 is 2.42 bits per heavy atom. The lowest BCUT2D eigenvalue weighted by Gasteiger charge is -2.11. The molecule has 1 unspecified atom stereocenters. The third-order valence-electron chi connectivity index (χ3n) is 1.70. The molecule has 0 aliphatic rings. The zero-order valence-electron chi connectivity index (χ0n) is 6.84. The van der Waals surface area contributed by atoms with E-state index >= 15 is 0 Å². The summed E-state index contributed by atoms with van der Waals surface area (Å²) in [5.41, 5.74) is 17.7. The van der Waals surface area contributed by atoms with Gasteiger partial charge in [0.15, 0.2) is 0 Å². The van der Waals surface area contributed by atoms with E-state index in [2.05, 4.69) is 0 Å². The van der Waals surface area contributed by atoms with E-state index in [0.29, 0.717) is 11.3 Å². The van der Waals surface area contributed by atoms with Crippen LogP contribution in [-0.4, -0.2) is 0 Å². The van der Waals surface area contributed by atoms with E-state index in [9.17, 15) is 4.39 Å². The molecular formula is C8H12FN3. The SMILES string of the molecule is CC(N)c1cc(F)cc(N)c1N. The molecule has 1 rings (SSSR count). The first-order valence-electron chi connectivity index (χ1n) is 3.62. The summed E-state index contributed by atoms with van der Waals surface area (Å²) >= 11 is 0. The molecule has 12 heavy (non-hydrogen) atoms. The van der Waals surface area contributed by atoms with Crippen LogP contribution >= 0.6 is 0 Å². The van der Waals surface area contributed by atoms with Crippen LogP contribution in [0, 0.1) is 5.82 Å². The predicted octanol–water partition coefficient (Wildman–Crippen LogP) is 1.01. The van der Waals surface area contributed by atoms with Crippen molar-refractivity contribution in [2.45, 2.75) is 13.0 Å². The molecule has 66 valence electrons. The van der Waals surface area contributed by atoms with Gasteiger partial charge in [-0.05, 0) is 24.6 Å². The Balaban J connectivity index is 3.28. The van der Waals surface area contributed by atoms with Crippen molar-refractivity contribution in [2.75, 3.05) is 11.5 Å². The van der Waals surface area contributed by atoms with E-state index in [0.717, 1.165) is 0 Å². The number of hydrogen-bond acceptors (Lipinski definition) is 3. The normalized spacial score (nSPS) is 12.9. The van der Waals surface area contributed by atoms with Crippen LogP contribution in [0.3, 0.4) is 0 Å². The van der Waals surface area contributed by atoms with Crippen LogP contribution in [0.5, 0.6) is 0 Å². The second kappa shape index (κ2) is 2.98. The fourth-order valence-corrected chi connectivity index (χ4v) is 1.04. The fourth-order valence-electron chi connectivity index (χ4n) is 1.04. The van der Waals surface area contributed by atoms with Gasteiger partial charge in [0.1, 0.15) is 5.82 Å². The van der Waals surface area contributed by atoms with Crippen LogP contribution in [0.2, 0.25) is 0 Å². The second-order valence-electron chi connectivity index (χ2n) is 2.79. The largest absolute Gasteiger partial charge is 0.397 e. The second-order valence-corrected chi connectivity index (χ2v) is 2.79. The summed E-state index contributed by atoms with van der Waals surface area (Å²) in [6.45, 7) is 1.73. The Morgan fingerprint density at radius 2 is 1.92 bits per heavy atom. The van der Waals surface area contributed by atoms with Gasteiger partial charge in [0.05, 0.1) is 11.4 Å². The van der Waals surface area contributed by atoms with Crippen LogP contribution < -0.4 is 17.2 Å². The highest BCUT2D eigenvalue weighted by Crippen LogP contribution is 2.25. The minimum absolute atomic E-state index is 0.238. The zero-order chi connectivity index (χ0) is 9.30. The Bertz CT molecular complexity index is 297. The molecule has 0 aromatic heterocycles. The van der Waals surface area contributed by atoms with Crippen molar-refractivity contribution in [2.24, 2.45) is 5.73 Å². The van der Waals surface area contributed by atoms with Crippen molar-refractivity contribution in [3.8, 4) is 0 Å². The molecule has 3 nitrogen and oxygen atoms in total. The first-order chi connectivity index (χ1) is 5.52. The fraction of sp³-hybridized carbons (Fsp3) is 0.250. The van der Waals surface area contributed by atoms with Gasteiger partial charge in [0.25, 0.3) is 0 Å². The minimum Gasteiger partial charge on any atom is -0.397 e. The van der Waals surface area contributed by atoms with Gasteiger partial charge in [-0.15, -0.1) is 0 Å². The van der Waals surface area contributed by atoms with Gasteiger partial charge in [-0.2, -0.15) is 0 Å². The lowest BCUT2D eigenvalue weighted by Crippen LogP contribution is -2.10. The molecule has 0 spiro atoms. The van der Waals surface area contributed by atoms with Gasteiger partial charge in [0, 0.05) is 6.04 Å². The van der Waals surface area contributed by atoms with Crippen molar-refractivity contribution in [1.82, 2.24) is 0 Å². The average Bonchev–Trinajstić information content (AvgIpc) is 1.96. The molecule has 0 heterocycles. The summed E-state index contributed by atoms with van der Waals surface area (Å²) in [5, 5.41) is 0. The van der Waals surface area contributed by atoms with Crippen molar-refractivity contribution >= 4 is 11.4 Å². The van der Waals surface area contributed by atoms with Gasteiger partial charge in [-0.1, -0.05) is 0 Å². The zero-order valence-corrected chi connectivity index (χ0v) is 6.84. The third-order valence-corrected chi connectivity index (χ3v) is 1.70. The van der Waals surface area contributed by atoms with E-state index < -0.39 is 5.82 Å². The molecule has 4 heteroatoms. The number of anilines is 2. The van der Waals surface area contributed by atoms with E-state index in [4.69, 9.17) is 17.2 Å². The number of nitrogen functional groups attached to an aromatic ring is 2. The van der Waals surface area contributed by atoms with Crippen molar-refractivity contribution in [3.05, 3.63) is 23.5 Å². The highest BCUT2D eigenvalue weighted by Gasteiger charge is 2.08. The molecule has 0 radical (unpaired) electrons. The minimum atomic E-state index is -0.408. The van der Waals surface area contributed by atoms with E-state index in [1.54, 1.807) is 6.92 Å². The Morgan fingerprint density at radius 1 is 1.33 bits per heavy atom. The first-order valence-corrected chi connectivity index (χ1v) is 3.62. The lowest BCUT2D eigenvalue weighted by atomic mass is 10.1. The maximum Gasteiger partial charge on any atom is 0.125 e. The van der Waals surface area contributed by atoms with Crippen LogP contribution in [0.1, 0.15) is 18.5 Å². The molecular weight excluding hydrogens is 157 g/mol. The van der Waals surface area contributed by atoms with E-state index in [1.807, 2.05) is 0 Å². The van der Waals surface area contributed by atoms with Crippen LogP contribution in [0.15, 0.2) is 12.1 Å². The summed E-state index contributed by atoms with van der Waals surface area (Å²) in [7, 11) is 0. The predicted molar refractivity (Wildman–Crippen MR) is 47.8 cm³/mol. The van der Waals surface area contributed by atoms with E-state index in [1.165, 1.54) is 12.1 Å². The maximum absolute atomic E-state index is 12.8. The summed E-state index contributed by atoms with van der Waals surface area (Å²) in [4.78, 5) is 0. The Hall–Kier alpha value is -1.29. The van der Waals surface area contributed by atoms with Crippen LogP contribution in [-0.2, 0) is 0 Å². The molecule has 0 amide bonds. The van der Waals surface area contributed by atoms with Crippen LogP contribution in [0.4, 0.5) is 15.8 Å². The van der Waals surface area contributed by atoms with Gasteiger partial charge in [-0.25, -0.2) is 4.39 Å². The molecule has 0 aliphatic carbocycles. The molecule has 1 aromatic rings. The molecule has 0 saturated carbocycles. The van der Waals surface area contributed by atoms with Crippen molar-refractivity contribution < 1.29 is 4.39 Å². The lowest BCUT2D eigenvalue weighted by molar-refractivity contribution is 0.623. The molecule has 0 fully saturated rings. The van der Waals surface area contributed by atoms with Crippen molar-refractivity contribution in [3.63, 3.8) is 0 Å². The number of hydrogen-bond donors (Lipinski definition) is 3. The van der Waals surface area contributed by atoms with Gasteiger partial charge < -0.3 is 17.2 Å². The number of rotatable bonds is 1. The summed E-state index contributed by atoms with van der Waals surface area (Å²) in [6, 6.07) is 2.18. The molecule has 1 aromatic carbocycles. The van der Waals surface area contributed by atoms with E-state index in [-0.39, 0.29) is 11.7 Å². The molecule has 0 bridgehead atoms. The first kappa shape index (κ1) is 8.80. The quantitative estimate of drug-likeness (QED) is 0.549. The topological polar surface area (TPSA) is 78.1 Å². The molecule has 0 saturated heterocycles. The number of halogens is 1. The van der Waals surface area contributed by atoms with Gasteiger partial charge >= 0.3 is 0 Å². The summed E-state index contributed by atoms with van der Waals surface area (Å²) in [5.74, 6) is -0.408. The average molecular weight is 169 g/mol. The third kappa shape index (κ3) is 1.48. The highest BCUT2D eigenvalue weighted by atomic mass is 19.1. The standard InChI is InChI=1S/C8H12FN3/c1-4(10)6-2-5(9)3-7(11)8(6)12/h2-4H,10-12H2,1H3. The smallest absolute Gasteiger partial charge is 0.125 e. The van der Waals surface area contributed by atoms with Crippen LogP contribution in [0.25, 0.3) is 0 Å². The highest BCUT2D eigenvalue weighted by molar-refractivity contribution is 5.68. The summed E-state index contributed by atoms with van der Waals surface area (Å²) < 4.78 is 12.8. The molecule has 0 aliphatic heterocycles. The van der Waals surface area contributed by atoms with Gasteiger partial charge in [-0.3, -0.25) is 0 Å². The Labute approximate surface area is 70.3 Å². The molecule has 6 N–H and O–H groups in total. The van der Waals surface area contributed by atoms with Gasteiger partial charge in [0.2, 0.25) is 0 Å². The number of nitrogens with two attached hydrogens (primary N) is 3. The summed E-state index contributed by atoms with van der Waals surface area (Å²) in [6.07, 6.45) is 0. The monoisotopic (exact) mass is 169 g/mol. The molecule has 1 atom stereocenters.